The molecule has 1 heterocycles. The Hall–Kier alpha value is -1.25. The van der Waals surface area contributed by atoms with Crippen molar-refractivity contribution in [3.63, 3.8) is 0 Å². The number of anilines is 1. The molecule has 15 heavy (non-hydrogen) atoms. The molecule has 0 bridgehead atoms. The number of nitrogens with zero attached hydrogens (tertiary/aromatic N) is 2. The highest BCUT2D eigenvalue weighted by atomic mass is 32.2. The number of thioether (sulfide) groups is 1. The van der Waals surface area contributed by atoms with Crippen LogP contribution in [-0.4, -0.2) is 10.2 Å². The smallest absolute Gasteiger partial charge is 0.152 e. The maximum atomic E-state index is 8.70. The second-order valence-corrected chi connectivity index (χ2v) is 5.71. The Morgan fingerprint density at radius 2 is 2.40 bits per heavy atom. The van der Waals surface area contributed by atoms with E-state index in [0.29, 0.717) is 0 Å². The Morgan fingerprint density at radius 3 is 3.13 bits per heavy atom. The lowest BCUT2D eigenvalue weighted by Gasteiger charge is -1.94. The van der Waals surface area contributed by atoms with Crippen LogP contribution in [0.25, 0.3) is 10.2 Å². The third kappa shape index (κ3) is 2.22. The van der Waals surface area contributed by atoms with Gasteiger partial charge in [-0.2, -0.15) is 5.26 Å². The molecule has 2 aromatic rings. The van der Waals surface area contributed by atoms with Crippen LogP contribution in [0, 0.1) is 11.3 Å². The SMILES string of the molecule is CC(C#N)Sc1nc2ccc(N)cc2s1. The van der Waals surface area contributed by atoms with E-state index >= 15 is 0 Å². The average molecular weight is 235 g/mol. The molecule has 0 saturated carbocycles. The zero-order chi connectivity index (χ0) is 10.8. The summed E-state index contributed by atoms with van der Waals surface area (Å²) in [5.74, 6) is 0. The molecule has 0 spiro atoms. The molecule has 0 aliphatic rings. The number of aromatic nitrogens is 1. The predicted octanol–water partition coefficient (Wildman–Crippen LogP) is 2.88. The minimum atomic E-state index is -0.0668. The first kappa shape index (κ1) is 10.3. The van der Waals surface area contributed by atoms with E-state index in [2.05, 4.69) is 11.1 Å². The van der Waals surface area contributed by atoms with Gasteiger partial charge in [-0.05, 0) is 25.1 Å². The fraction of sp³-hybridized carbons (Fsp3) is 0.200. The van der Waals surface area contributed by atoms with E-state index in [9.17, 15) is 0 Å². The number of rotatable bonds is 2. The van der Waals surface area contributed by atoms with Gasteiger partial charge in [0, 0.05) is 5.69 Å². The highest BCUT2D eigenvalue weighted by molar-refractivity contribution is 8.01. The number of nitrogens with two attached hydrogens (primary N) is 1. The summed E-state index contributed by atoms with van der Waals surface area (Å²) in [5, 5.41) is 8.63. The van der Waals surface area contributed by atoms with E-state index in [0.717, 1.165) is 20.2 Å². The molecule has 0 fully saturated rings. The van der Waals surface area contributed by atoms with Crippen LogP contribution in [0.2, 0.25) is 0 Å². The highest BCUT2D eigenvalue weighted by Gasteiger charge is 2.08. The van der Waals surface area contributed by atoms with Gasteiger partial charge in [-0.25, -0.2) is 4.98 Å². The molecule has 1 aromatic carbocycles. The lowest BCUT2D eigenvalue weighted by atomic mass is 10.3. The second kappa shape index (κ2) is 4.09. The van der Waals surface area contributed by atoms with Crippen molar-refractivity contribution in [2.75, 3.05) is 5.73 Å². The van der Waals surface area contributed by atoms with Gasteiger partial charge in [0.15, 0.2) is 4.34 Å². The summed E-state index contributed by atoms with van der Waals surface area (Å²) >= 11 is 3.06. The Labute approximate surface area is 95.9 Å². The largest absolute Gasteiger partial charge is 0.399 e. The van der Waals surface area contributed by atoms with Crippen molar-refractivity contribution in [1.29, 1.82) is 5.26 Å². The van der Waals surface area contributed by atoms with Gasteiger partial charge < -0.3 is 5.73 Å². The number of hydrogen-bond acceptors (Lipinski definition) is 5. The van der Waals surface area contributed by atoms with Gasteiger partial charge in [0.25, 0.3) is 0 Å². The summed E-state index contributed by atoms with van der Waals surface area (Å²) in [5.41, 5.74) is 7.37. The first-order valence-corrected chi connectivity index (χ1v) is 6.11. The van der Waals surface area contributed by atoms with Crippen molar-refractivity contribution in [3.05, 3.63) is 18.2 Å². The van der Waals surface area contributed by atoms with Gasteiger partial charge in [0.05, 0.1) is 21.5 Å². The van der Waals surface area contributed by atoms with E-state index in [4.69, 9.17) is 11.0 Å². The molecule has 0 amide bonds. The molecule has 2 N–H and O–H groups in total. The summed E-state index contributed by atoms with van der Waals surface area (Å²) in [6.07, 6.45) is 0. The summed E-state index contributed by atoms with van der Waals surface area (Å²) < 4.78 is 1.99. The minimum Gasteiger partial charge on any atom is -0.399 e. The summed E-state index contributed by atoms with van der Waals surface area (Å²) in [7, 11) is 0. The Bertz CT molecular complexity index is 527. The van der Waals surface area contributed by atoms with E-state index in [1.54, 1.807) is 11.3 Å². The monoisotopic (exact) mass is 235 g/mol. The predicted molar refractivity (Wildman–Crippen MR) is 65.0 cm³/mol. The van der Waals surface area contributed by atoms with E-state index < -0.39 is 0 Å². The van der Waals surface area contributed by atoms with E-state index in [1.165, 1.54) is 11.8 Å². The third-order valence-electron chi connectivity index (χ3n) is 1.85. The molecule has 76 valence electrons. The first-order valence-electron chi connectivity index (χ1n) is 4.41. The average Bonchev–Trinajstić information content (AvgIpc) is 2.59. The molecule has 1 unspecified atom stereocenters. The van der Waals surface area contributed by atoms with Gasteiger partial charge in [-0.15, -0.1) is 11.3 Å². The fourth-order valence-electron chi connectivity index (χ4n) is 1.15. The molecule has 0 radical (unpaired) electrons. The van der Waals surface area contributed by atoms with Gasteiger partial charge in [0.2, 0.25) is 0 Å². The van der Waals surface area contributed by atoms with E-state index in [1.807, 2.05) is 25.1 Å². The summed E-state index contributed by atoms with van der Waals surface area (Å²) in [4.78, 5) is 4.42. The topological polar surface area (TPSA) is 62.7 Å². The number of hydrogen-bond donors (Lipinski definition) is 1. The van der Waals surface area contributed by atoms with Crippen LogP contribution in [0.15, 0.2) is 22.5 Å². The summed E-state index contributed by atoms with van der Waals surface area (Å²) in [6, 6.07) is 7.83. The van der Waals surface area contributed by atoms with Crippen molar-refractivity contribution in [1.82, 2.24) is 4.98 Å². The standard InChI is InChI=1S/C10H9N3S2/c1-6(5-11)14-10-13-8-3-2-7(12)4-9(8)15-10/h2-4,6H,12H2,1H3. The van der Waals surface area contributed by atoms with Crippen molar-refractivity contribution < 1.29 is 0 Å². The van der Waals surface area contributed by atoms with Crippen LogP contribution < -0.4 is 5.73 Å². The molecule has 5 heteroatoms. The Morgan fingerprint density at radius 1 is 1.60 bits per heavy atom. The number of fused-ring (bicyclic) bond motifs is 1. The lowest BCUT2D eigenvalue weighted by Crippen LogP contribution is -1.87. The van der Waals surface area contributed by atoms with Crippen LogP contribution >= 0.6 is 23.1 Å². The molecule has 0 aliphatic heterocycles. The fourth-order valence-corrected chi connectivity index (χ4v) is 3.29. The lowest BCUT2D eigenvalue weighted by molar-refractivity contribution is 1.21. The van der Waals surface area contributed by atoms with Crippen molar-refractivity contribution in [2.24, 2.45) is 0 Å². The molecular formula is C10H9N3S2. The number of nitrogen functional groups attached to an aromatic ring is 1. The Balaban J connectivity index is 2.35. The van der Waals surface area contributed by atoms with Crippen LogP contribution in [0.1, 0.15) is 6.92 Å². The molecule has 1 atom stereocenters. The molecule has 2 rings (SSSR count). The molecule has 3 nitrogen and oxygen atoms in total. The normalized spacial score (nSPS) is 12.5. The van der Waals surface area contributed by atoms with Crippen LogP contribution in [-0.2, 0) is 0 Å². The maximum absolute atomic E-state index is 8.70. The summed E-state index contributed by atoms with van der Waals surface area (Å²) in [6.45, 7) is 1.87. The van der Waals surface area contributed by atoms with Crippen molar-refractivity contribution >= 4 is 39.0 Å². The zero-order valence-corrected chi connectivity index (χ0v) is 9.73. The number of thiazole rings is 1. The van der Waals surface area contributed by atoms with Crippen LogP contribution in [0.4, 0.5) is 5.69 Å². The zero-order valence-electron chi connectivity index (χ0n) is 8.10. The molecule has 0 saturated heterocycles. The van der Waals surface area contributed by atoms with Gasteiger partial charge in [0.1, 0.15) is 0 Å². The first-order chi connectivity index (χ1) is 7.19. The highest BCUT2D eigenvalue weighted by Crippen LogP contribution is 2.32. The molecule has 0 aliphatic carbocycles. The van der Waals surface area contributed by atoms with Crippen molar-refractivity contribution in [3.8, 4) is 6.07 Å². The van der Waals surface area contributed by atoms with Gasteiger partial charge >= 0.3 is 0 Å². The molecule has 1 aromatic heterocycles. The number of benzene rings is 1. The van der Waals surface area contributed by atoms with Crippen LogP contribution in [0.5, 0.6) is 0 Å². The van der Waals surface area contributed by atoms with Gasteiger partial charge in [-0.3, -0.25) is 0 Å². The molecular weight excluding hydrogens is 226 g/mol. The minimum absolute atomic E-state index is 0.0668. The number of nitriles is 1. The maximum Gasteiger partial charge on any atom is 0.152 e. The van der Waals surface area contributed by atoms with E-state index in [-0.39, 0.29) is 5.25 Å². The third-order valence-corrected chi connectivity index (χ3v) is 3.96. The van der Waals surface area contributed by atoms with Gasteiger partial charge in [-0.1, -0.05) is 11.8 Å². The second-order valence-electron chi connectivity index (χ2n) is 3.10. The van der Waals surface area contributed by atoms with Crippen LogP contribution in [0.3, 0.4) is 0 Å². The quantitative estimate of drug-likeness (QED) is 0.642. The van der Waals surface area contributed by atoms with Crippen molar-refractivity contribution in [2.45, 2.75) is 16.5 Å². The Kier molecular flexibility index (Phi) is 2.80.